The highest BCUT2D eigenvalue weighted by molar-refractivity contribution is 7.71. The van der Waals surface area contributed by atoms with Crippen LogP contribution in [0.15, 0.2) is 23.0 Å². The summed E-state index contributed by atoms with van der Waals surface area (Å²) < 4.78 is 13.1. The molecule has 0 fully saturated rings. The van der Waals surface area contributed by atoms with Crippen molar-refractivity contribution in [2.45, 2.75) is 32.9 Å². The predicted molar refractivity (Wildman–Crippen MR) is 107 cm³/mol. The first-order valence-corrected chi connectivity index (χ1v) is 9.62. The van der Waals surface area contributed by atoms with E-state index in [1.54, 1.807) is 14.2 Å². The van der Waals surface area contributed by atoms with Gasteiger partial charge in [-0.25, -0.2) is 0 Å². The monoisotopic (exact) mass is 391 g/mol. The van der Waals surface area contributed by atoms with E-state index in [1.807, 2.05) is 22.8 Å². The third-order valence-corrected chi connectivity index (χ3v) is 5.23. The Hall–Kier alpha value is -2.32. The molecule has 0 amide bonds. The lowest BCUT2D eigenvalue weighted by Gasteiger charge is -2.28. The minimum absolute atomic E-state index is 0.0850. The lowest BCUT2D eigenvalue weighted by atomic mass is 10.1. The minimum Gasteiger partial charge on any atom is -0.493 e. The zero-order valence-electron chi connectivity index (χ0n) is 16.1. The van der Waals surface area contributed by atoms with Gasteiger partial charge >= 0.3 is 0 Å². The van der Waals surface area contributed by atoms with Crippen LogP contribution < -0.4 is 25.2 Å². The Kier molecular flexibility index (Phi) is 6.18. The number of ether oxygens (including phenoxy) is 2. The number of hydrogen-bond acceptors (Lipinski definition) is 5. The van der Waals surface area contributed by atoms with Gasteiger partial charge in [-0.1, -0.05) is 13.0 Å². The van der Waals surface area contributed by atoms with E-state index in [4.69, 9.17) is 21.7 Å². The Morgan fingerprint density at radius 1 is 1.26 bits per heavy atom. The Labute approximate surface area is 163 Å². The molecule has 0 radical (unpaired) electrons. The molecule has 1 atom stereocenters. The van der Waals surface area contributed by atoms with Crippen LogP contribution >= 0.6 is 12.2 Å². The second-order valence-corrected chi connectivity index (χ2v) is 7.09. The number of benzene rings is 1. The summed E-state index contributed by atoms with van der Waals surface area (Å²) in [6.45, 7) is 5.38. The molecule has 1 unspecified atom stereocenters. The van der Waals surface area contributed by atoms with Crippen molar-refractivity contribution in [2.75, 3.05) is 32.7 Å². The van der Waals surface area contributed by atoms with Gasteiger partial charge in [0.05, 0.1) is 20.8 Å². The summed E-state index contributed by atoms with van der Waals surface area (Å²) in [5.74, 6) is 2.27. The van der Waals surface area contributed by atoms with E-state index in [1.165, 1.54) is 4.90 Å². The van der Waals surface area contributed by atoms with Crippen LogP contribution in [0.3, 0.4) is 0 Å². The quantitative estimate of drug-likeness (QED) is 0.622. The minimum atomic E-state index is -0.0850. The number of nitrogens with one attached hydrogen (secondary N) is 3. The summed E-state index contributed by atoms with van der Waals surface area (Å²) in [5, 5.41) is 3.42. The Morgan fingerprint density at radius 3 is 2.74 bits per heavy atom. The summed E-state index contributed by atoms with van der Waals surface area (Å²) >= 11 is 5.43. The molecule has 1 aromatic heterocycles. The first kappa shape index (κ1) is 19.4. The van der Waals surface area contributed by atoms with Crippen molar-refractivity contribution in [1.82, 2.24) is 9.55 Å². The molecule has 2 heterocycles. The van der Waals surface area contributed by atoms with Crippen molar-refractivity contribution in [1.29, 1.82) is 0 Å². The largest absolute Gasteiger partial charge is 0.493 e. The second kappa shape index (κ2) is 8.58. The molecule has 0 aliphatic carbocycles. The van der Waals surface area contributed by atoms with Crippen molar-refractivity contribution >= 4 is 18.0 Å². The lowest BCUT2D eigenvalue weighted by Crippen LogP contribution is -3.12. The van der Waals surface area contributed by atoms with E-state index < -0.39 is 0 Å². The molecule has 3 rings (SSSR count). The van der Waals surface area contributed by atoms with Gasteiger partial charge in [0.2, 0.25) is 0 Å². The maximum Gasteiger partial charge on any atom is 0.262 e. The average Bonchev–Trinajstić information content (AvgIpc) is 2.68. The molecule has 0 spiro atoms. The predicted octanol–water partition coefficient (Wildman–Crippen LogP) is 1.34. The number of anilines is 1. The number of hydrogen-bond donors (Lipinski definition) is 3. The zero-order valence-corrected chi connectivity index (χ0v) is 16.9. The number of aromatic nitrogens is 2. The molecule has 0 saturated carbocycles. The third kappa shape index (κ3) is 4.17. The number of fused-ring (bicyclic) bond motifs is 1. The first-order valence-electron chi connectivity index (χ1n) is 9.21. The number of quaternary nitrogens is 1. The number of aryl methyl sites for hydroxylation is 1. The van der Waals surface area contributed by atoms with Crippen molar-refractivity contribution < 1.29 is 14.4 Å². The second-order valence-electron chi connectivity index (χ2n) is 6.71. The SMILES string of the molecule is CCC[NH+]1CNc2c(c(=O)[nH]c(=S)n2CCc2ccc(OC)c(OC)c2)C1. The standard InChI is InChI=1S/C19H26N4O3S/c1-4-8-22-11-14-17(20-12-22)23(19(27)21-18(14)24)9-7-13-5-6-15(25-2)16(10-13)26-3/h5-6,10,20H,4,7-9,11-12H2,1-3H3,(H,21,24,27)/p+1. The van der Waals surface area contributed by atoms with E-state index in [-0.39, 0.29) is 5.56 Å². The van der Waals surface area contributed by atoms with Crippen molar-refractivity contribution in [3.8, 4) is 11.5 Å². The van der Waals surface area contributed by atoms with Gasteiger partial charge in [0.15, 0.2) is 22.9 Å². The molecule has 3 N–H and O–H groups in total. The molecular formula is C19H27N4O3S+. The number of aromatic amines is 1. The average molecular weight is 392 g/mol. The summed E-state index contributed by atoms with van der Waals surface area (Å²) in [6, 6.07) is 5.89. The van der Waals surface area contributed by atoms with Gasteiger partial charge in [-0.15, -0.1) is 0 Å². The molecule has 146 valence electrons. The number of nitrogens with zero attached hydrogens (tertiary/aromatic N) is 1. The van der Waals surface area contributed by atoms with Gasteiger partial charge < -0.3 is 24.3 Å². The van der Waals surface area contributed by atoms with Crippen molar-refractivity contribution in [2.24, 2.45) is 0 Å². The van der Waals surface area contributed by atoms with E-state index in [2.05, 4.69) is 17.2 Å². The van der Waals surface area contributed by atoms with Crippen LogP contribution in [-0.2, 0) is 19.5 Å². The fourth-order valence-corrected chi connectivity index (χ4v) is 3.80. The zero-order chi connectivity index (χ0) is 19.4. The Bertz CT molecular complexity index is 922. The summed E-state index contributed by atoms with van der Waals surface area (Å²) in [7, 11) is 3.25. The van der Waals surface area contributed by atoms with Crippen LogP contribution in [-0.4, -0.2) is 37.0 Å². The van der Waals surface area contributed by atoms with E-state index >= 15 is 0 Å². The normalized spacial score (nSPS) is 15.7. The summed E-state index contributed by atoms with van der Waals surface area (Å²) in [5.41, 5.74) is 1.81. The highest BCUT2D eigenvalue weighted by Gasteiger charge is 2.24. The number of rotatable bonds is 7. The topological polar surface area (TPSA) is 72.7 Å². The van der Waals surface area contributed by atoms with E-state index in [0.717, 1.165) is 49.5 Å². The fraction of sp³-hybridized carbons (Fsp3) is 0.474. The highest BCUT2D eigenvalue weighted by atomic mass is 32.1. The first-order chi connectivity index (χ1) is 13.1. The van der Waals surface area contributed by atoms with Crippen LogP contribution in [0.1, 0.15) is 24.5 Å². The van der Waals surface area contributed by atoms with Crippen LogP contribution in [0.25, 0.3) is 0 Å². The van der Waals surface area contributed by atoms with Crippen LogP contribution in [0, 0.1) is 4.77 Å². The smallest absolute Gasteiger partial charge is 0.262 e. The molecular weight excluding hydrogens is 364 g/mol. The summed E-state index contributed by atoms with van der Waals surface area (Å²) in [4.78, 5) is 16.6. The molecule has 2 aromatic rings. The fourth-order valence-electron chi connectivity index (χ4n) is 3.52. The molecule has 7 nitrogen and oxygen atoms in total. The van der Waals surface area contributed by atoms with Gasteiger partial charge in [-0.3, -0.25) is 9.78 Å². The number of H-pyrrole nitrogens is 1. The van der Waals surface area contributed by atoms with Gasteiger partial charge in [-0.05, 0) is 42.8 Å². The number of methoxy groups -OCH3 is 2. The molecule has 0 bridgehead atoms. The molecule has 1 aromatic carbocycles. The van der Waals surface area contributed by atoms with Gasteiger partial charge in [-0.2, -0.15) is 0 Å². The van der Waals surface area contributed by atoms with Crippen molar-refractivity contribution in [3.63, 3.8) is 0 Å². The maximum absolute atomic E-state index is 12.4. The van der Waals surface area contributed by atoms with E-state index in [9.17, 15) is 4.79 Å². The van der Waals surface area contributed by atoms with Crippen LogP contribution in [0.4, 0.5) is 5.82 Å². The van der Waals surface area contributed by atoms with Crippen LogP contribution in [0.2, 0.25) is 0 Å². The molecule has 0 saturated heterocycles. The van der Waals surface area contributed by atoms with Gasteiger partial charge in [0.1, 0.15) is 17.9 Å². The third-order valence-electron chi connectivity index (χ3n) is 4.90. The van der Waals surface area contributed by atoms with E-state index in [0.29, 0.717) is 22.8 Å². The summed E-state index contributed by atoms with van der Waals surface area (Å²) in [6.07, 6.45) is 1.85. The highest BCUT2D eigenvalue weighted by Crippen LogP contribution is 2.28. The molecule has 1 aliphatic rings. The lowest BCUT2D eigenvalue weighted by molar-refractivity contribution is -0.912. The molecule has 27 heavy (non-hydrogen) atoms. The molecule has 8 heteroatoms. The van der Waals surface area contributed by atoms with Crippen LogP contribution in [0.5, 0.6) is 11.5 Å². The Morgan fingerprint density at radius 2 is 2.04 bits per heavy atom. The van der Waals surface area contributed by atoms with Gasteiger partial charge in [0, 0.05) is 6.54 Å². The Balaban J connectivity index is 1.85. The molecule has 1 aliphatic heterocycles. The van der Waals surface area contributed by atoms with Crippen molar-refractivity contribution in [3.05, 3.63) is 44.5 Å². The van der Waals surface area contributed by atoms with Gasteiger partial charge in [0.25, 0.3) is 5.56 Å². The maximum atomic E-state index is 12.4.